The van der Waals surface area contributed by atoms with E-state index in [1.165, 1.54) is 0 Å². The van der Waals surface area contributed by atoms with Gasteiger partial charge in [-0.05, 0) is 17.8 Å². The molecule has 0 heterocycles. The fourth-order valence-corrected chi connectivity index (χ4v) is 0.886. The SMILES string of the molecule is CC(C)[C@H](O)C[C@@H](N)C(C)(C)C. The summed E-state index contributed by atoms with van der Waals surface area (Å²) in [7, 11) is 0. The van der Waals surface area contributed by atoms with Gasteiger partial charge in [0.05, 0.1) is 6.10 Å². The maximum atomic E-state index is 9.58. The van der Waals surface area contributed by atoms with Crippen LogP contribution in [0.25, 0.3) is 0 Å². The second-order valence-electron chi connectivity index (χ2n) is 5.02. The molecule has 0 fully saturated rings. The Kier molecular flexibility index (Phi) is 4.21. The summed E-state index contributed by atoms with van der Waals surface area (Å²) in [6.45, 7) is 10.3. The minimum Gasteiger partial charge on any atom is -0.393 e. The van der Waals surface area contributed by atoms with Gasteiger partial charge in [-0.15, -0.1) is 0 Å². The summed E-state index contributed by atoms with van der Waals surface area (Å²) in [5.41, 5.74) is 6.02. The fraction of sp³-hybridized carbons (Fsp3) is 1.00. The molecule has 0 aliphatic heterocycles. The number of rotatable bonds is 3. The van der Waals surface area contributed by atoms with Gasteiger partial charge in [-0.3, -0.25) is 0 Å². The lowest BCUT2D eigenvalue weighted by Gasteiger charge is -2.29. The van der Waals surface area contributed by atoms with E-state index in [-0.39, 0.29) is 17.6 Å². The predicted octanol–water partition coefficient (Wildman–Crippen LogP) is 1.77. The van der Waals surface area contributed by atoms with E-state index in [0.717, 1.165) is 0 Å². The van der Waals surface area contributed by atoms with Crippen molar-refractivity contribution in [3.63, 3.8) is 0 Å². The van der Waals surface area contributed by atoms with Crippen molar-refractivity contribution in [3.8, 4) is 0 Å². The average molecular weight is 173 g/mol. The summed E-state index contributed by atoms with van der Waals surface area (Å²) >= 11 is 0. The van der Waals surface area contributed by atoms with Crippen LogP contribution in [0.5, 0.6) is 0 Å². The summed E-state index contributed by atoms with van der Waals surface area (Å²) < 4.78 is 0. The van der Waals surface area contributed by atoms with Gasteiger partial charge in [0.15, 0.2) is 0 Å². The molecule has 0 aromatic rings. The first-order valence-corrected chi connectivity index (χ1v) is 4.68. The lowest BCUT2D eigenvalue weighted by atomic mass is 9.82. The van der Waals surface area contributed by atoms with Gasteiger partial charge in [-0.2, -0.15) is 0 Å². The highest BCUT2D eigenvalue weighted by molar-refractivity contribution is 4.80. The Labute approximate surface area is 76.2 Å². The van der Waals surface area contributed by atoms with Crippen molar-refractivity contribution in [1.29, 1.82) is 0 Å². The molecule has 0 aliphatic rings. The highest BCUT2D eigenvalue weighted by atomic mass is 16.3. The minimum atomic E-state index is -0.265. The van der Waals surface area contributed by atoms with Gasteiger partial charge >= 0.3 is 0 Å². The molecular formula is C10H23NO. The van der Waals surface area contributed by atoms with Crippen LogP contribution in [-0.2, 0) is 0 Å². The Balaban J connectivity index is 3.93. The first kappa shape index (κ1) is 11.9. The summed E-state index contributed by atoms with van der Waals surface area (Å²) in [6, 6.07) is 0.0786. The molecule has 0 saturated heterocycles. The number of aliphatic hydroxyl groups excluding tert-OH is 1. The van der Waals surface area contributed by atoms with Crippen LogP contribution >= 0.6 is 0 Å². The summed E-state index contributed by atoms with van der Waals surface area (Å²) in [5, 5.41) is 9.58. The molecular weight excluding hydrogens is 150 g/mol. The first-order chi connectivity index (χ1) is 5.25. The molecule has 2 atom stereocenters. The lowest BCUT2D eigenvalue weighted by molar-refractivity contribution is 0.0915. The quantitative estimate of drug-likeness (QED) is 0.683. The Morgan fingerprint density at radius 3 is 1.92 bits per heavy atom. The van der Waals surface area contributed by atoms with Crippen molar-refractivity contribution in [2.24, 2.45) is 17.1 Å². The van der Waals surface area contributed by atoms with Crippen LogP contribution in [0.15, 0.2) is 0 Å². The molecule has 74 valence electrons. The van der Waals surface area contributed by atoms with Gasteiger partial charge in [0.2, 0.25) is 0 Å². The van der Waals surface area contributed by atoms with E-state index in [2.05, 4.69) is 20.8 Å². The normalized spacial score (nSPS) is 18.0. The van der Waals surface area contributed by atoms with Crippen LogP contribution in [0.4, 0.5) is 0 Å². The maximum absolute atomic E-state index is 9.58. The zero-order chi connectivity index (χ0) is 9.94. The molecule has 2 nitrogen and oxygen atoms in total. The second-order valence-corrected chi connectivity index (χ2v) is 5.02. The first-order valence-electron chi connectivity index (χ1n) is 4.68. The molecule has 0 unspecified atom stereocenters. The number of aliphatic hydroxyl groups is 1. The van der Waals surface area contributed by atoms with Crippen LogP contribution in [0.2, 0.25) is 0 Å². The minimum absolute atomic E-state index is 0.0786. The molecule has 0 saturated carbocycles. The Hall–Kier alpha value is -0.0800. The highest BCUT2D eigenvalue weighted by Crippen LogP contribution is 2.22. The average Bonchev–Trinajstić information content (AvgIpc) is 1.85. The van der Waals surface area contributed by atoms with E-state index in [1.54, 1.807) is 0 Å². The van der Waals surface area contributed by atoms with Crippen molar-refractivity contribution in [3.05, 3.63) is 0 Å². The van der Waals surface area contributed by atoms with E-state index in [4.69, 9.17) is 5.73 Å². The smallest absolute Gasteiger partial charge is 0.0578 e. The fourth-order valence-electron chi connectivity index (χ4n) is 0.886. The third-order valence-electron chi connectivity index (χ3n) is 2.38. The molecule has 0 amide bonds. The number of hydrogen-bond acceptors (Lipinski definition) is 2. The van der Waals surface area contributed by atoms with Crippen molar-refractivity contribution in [2.45, 2.75) is 53.2 Å². The summed E-state index contributed by atoms with van der Waals surface area (Å²) in [6.07, 6.45) is 0.431. The Morgan fingerprint density at radius 2 is 1.67 bits per heavy atom. The van der Waals surface area contributed by atoms with E-state index in [1.807, 2.05) is 13.8 Å². The summed E-state index contributed by atoms with van der Waals surface area (Å²) in [4.78, 5) is 0. The zero-order valence-electron chi connectivity index (χ0n) is 8.96. The van der Waals surface area contributed by atoms with Crippen molar-refractivity contribution >= 4 is 0 Å². The molecule has 0 radical (unpaired) electrons. The number of hydrogen-bond donors (Lipinski definition) is 2. The standard InChI is InChI=1S/C10H23NO/c1-7(2)8(12)6-9(11)10(3,4)5/h7-9,12H,6,11H2,1-5H3/t8-,9-/m1/s1. The topological polar surface area (TPSA) is 46.2 Å². The maximum Gasteiger partial charge on any atom is 0.0578 e. The van der Waals surface area contributed by atoms with E-state index in [0.29, 0.717) is 12.3 Å². The molecule has 3 N–H and O–H groups in total. The third-order valence-corrected chi connectivity index (χ3v) is 2.38. The Morgan fingerprint density at radius 1 is 1.25 bits per heavy atom. The molecule has 0 aromatic heterocycles. The largest absolute Gasteiger partial charge is 0.393 e. The van der Waals surface area contributed by atoms with Crippen molar-refractivity contribution in [2.75, 3.05) is 0 Å². The Bertz CT molecular complexity index is 126. The van der Waals surface area contributed by atoms with Gasteiger partial charge in [0.25, 0.3) is 0 Å². The molecule has 12 heavy (non-hydrogen) atoms. The predicted molar refractivity (Wildman–Crippen MR) is 52.9 cm³/mol. The summed E-state index contributed by atoms with van der Waals surface area (Å²) in [5.74, 6) is 0.304. The molecule has 2 heteroatoms. The van der Waals surface area contributed by atoms with E-state index in [9.17, 15) is 5.11 Å². The van der Waals surface area contributed by atoms with Crippen molar-refractivity contribution in [1.82, 2.24) is 0 Å². The van der Waals surface area contributed by atoms with Gasteiger partial charge in [-0.25, -0.2) is 0 Å². The van der Waals surface area contributed by atoms with Gasteiger partial charge < -0.3 is 10.8 Å². The van der Waals surface area contributed by atoms with E-state index >= 15 is 0 Å². The number of nitrogens with two attached hydrogens (primary N) is 1. The van der Waals surface area contributed by atoms with Crippen molar-refractivity contribution < 1.29 is 5.11 Å². The van der Waals surface area contributed by atoms with Gasteiger partial charge in [-0.1, -0.05) is 34.6 Å². The lowest BCUT2D eigenvalue weighted by Crippen LogP contribution is -2.39. The van der Waals surface area contributed by atoms with Crippen LogP contribution in [0, 0.1) is 11.3 Å². The molecule has 0 rings (SSSR count). The van der Waals surface area contributed by atoms with Crippen LogP contribution < -0.4 is 5.73 Å². The van der Waals surface area contributed by atoms with Gasteiger partial charge in [0.1, 0.15) is 0 Å². The molecule has 0 aromatic carbocycles. The van der Waals surface area contributed by atoms with Crippen LogP contribution in [0.1, 0.15) is 41.0 Å². The zero-order valence-corrected chi connectivity index (χ0v) is 8.96. The van der Waals surface area contributed by atoms with Gasteiger partial charge in [0, 0.05) is 6.04 Å². The third kappa shape index (κ3) is 4.07. The molecule has 0 aliphatic carbocycles. The van der Waals surface area contributed by atoms with Crippen LogP contribution in [0.3, 0.4) is 0 Å². The van der Waals surface area contributed by atoms with E-state index < -0.39 is 0 Å². The monoisotopic (exact) mass is 173 g/mol. The van der Waals surface area contributed by atoms with Crippen LogP contribution in [-0.4, -0.2) is 17.3 Å². The molecule has 0 spiro atoms. The highest BCUT2D eigenvalue weighted by Gasteiger charge is 2.24. The molecule has 0 bridgehead atoms. The second kappa shape index (κ2) is 4.24.